The molecule has 4 aromatic carbocycles. The zero-order valence-corrected chi connectivity index (χ0v) is 17.3. The number of fused-ring (bicyclic) bond motifs is 3. The van der Waals surface area contributed by atoms with Crippen LogP contribution in [0.1, 0.15) is 49.8 Å². The molecule has 0 aliphatic rings. The third-order valence-corrected chi connectivity index (χ3v) is 5.98. The van der Waals surface area contributed by atoms with E-state index in [0.717, 1.165) is 6.42 Å². The fourth-order valence-electron chi connectivity index (χ4n) is 4.30. The third-order valence-electron chi connectivity index (χ3n) is 5.98. The lowest BCUT2D eigenvalue weighted by Gasteiger charge is -2.19. The van der Waals surface area contributed by atoms with Gasteiger partial charge in [0, 0.05) is 0 Å². The Hall–Kier alpha value is -2.86. The molecule has 28 heavy (non-hydrogen) atoms. The SMILES string of the molecule is C/C=C/c1ccc2c(ccc3c(-c4ccccc4C(C)CC)c(C)ccc32)c1. The molecule has 0 saturated heterocycles. The van der Waals surface area contributed by atoms with Gasteiger partial charge in [-0.05, 0) is 81.6 Å². The Morgan fingerprint density at radius 2 is 1.61 bits per heavy atom. The largest absolute Gasteiger partial charge is 0.0871 e. The van der Waals surface area contributed by atoms with Crippen LogP contribution in [0.5, 0.6) is 0 Å². The molecule has 4 aromatic rings. The van der Waals surface area contributed by atoms with E-state index in [1.165, 1.54) is 49.4 Å². The number of hydrogen-bond acceptors (Lipinski definition) is 0. The molecule has 0 amide bonds. The average Bonchev–Trinajstić information content (AvgIpc) is 2.73. The van der Waals surface area contributed by atoms with E-state index in [2.05, 4.69) is 107 Å². The van der Waals surface area contributed by atoms with Gasteiger partial charge in [0.05, 0.1) is 0 Å². The highest BCUT2D eigenvalue weighted by atomic mass is 14.2. The fraction of sp³-hybridized carbons (Fsp3) is 0.214. The lowest BCUT2D eigenvalue weighted by Crippen LogP contribution is -1.97. The Morgan fingerprint density at radius 3 is 2.39 bits per heavy atom. The van der Waals surface area contributed by atoms with Crippen molar-refractivity contribution in [1.29, 1.82) is 0 Å². The predicted molar refractivity (Wildman–Crippen MR) is 125 cm³/mol. The Bertz CT molecular complexity index is 1180. The monoisotopic (exact) mass is 364 g/mol. The summed E-state index contributed by atoms with van der Waals surface area (Å²) in [6, 6.07) is 24.9. The quantitative estimate of drug-likeness (QED) is 0.318. The Morgan fingerprint density at radius 1 is 0.857 bits per heavy atom. The summed E-state index contributed by atoms with van der Waals surface area (Å²) in [6.45, 7) is 8.90. The Kier molecular flexibility index (Phi) is 5.05. The minimum absolute atomic E-state index is 0.551. The molecule has 1 atom stereocenters. The molecule has 0 aliphatic heterocycles. The second-order valence-corrected chi connectivity index (χ2v) is 7.80. The van der Waals surface area contributed by atoms with Crippen molar-refractivity contribution in [2.45, 2.75) is 40.0 Å². The highest BCUT2D eigenvalue weighted by Crippen LogP contribution is 2.39. The van der Waals surface area contributed by atoms with Gasteiger partial charge in [-0.25, -0.2) is 0 Å². The average molecular weight is 365 g/mol. The molecule has 0 heterocycles. The second kappa shape index (κ2) is 7.64. The zero-order chi connectivity index (χ0) is 19.7. The van der Waals surface area contributed by atoms with E-state index in [-0.39, 0.29) is 0 Å². The third kappa shape index (κ3) is 3.14. The molecule has 0 spiro atoms. The molecular formula is C28H28. The minimum Gasteiger partial charge on any atom is -0.0871 e. The summed E-state index contributed by atoms with van der Waals surface area (Å²) < 4.78 is 0. The van der Waals surface area contributed by atoms with Crippen LogP contribution < -0.4 is 0 Å². The maximum Gasteiger partial charge on any atom is -0.00730 e. The highest BCUT2D eigenvalue weighted by Gasteiger charge is 2.15. The molecule has 0 saturated carbocycles. The highest BCUT2D eigenvalue weighted by molar-refractivity contribution is 6.13. The van der Waals surface area contributed by atoms with Crippen molar-refractivity contribution in [2.75, 3.05) is 0 Å². The molecule has 0 aromatic heterocycles. The lowest BCUT2D eigenvalue weighted by atomic mass is 9.85. The second-order valence-electron chi connectivity index (χ2n) is 7.80. The van der Waals surface area contributed by atoms with E-state index in [9.17, 15) is 0 Å². The molecule has 4 rings (SSSR count). The molecule has 140 valence electrons. The van der Waals surface area contributed by atoms with Gasteiger partial charge in [-0.1, -0.05) is 86.7 Å². The summed E-state index contributed by atoms with van der Waals surface area (Å²) >= 11 is 0. The van der Waals surface area contributed by atoms with Crippen LogP contribution in [0.3, 0.4) is 0 Å². The van der Waals surface area contributed by atoms with Gasteiger partial charge in [0.1, 0.15) is 0 Å². The Balaban J connectivity index is 2.03. The standard InChI is InChI=1S/C28H28/c1-5-9-21-13-16-24-22(18-21)14-17-27-25(24)15-12-20(4)28(27)26-11-8-7-10-23(26)19(3)6-2/h5,7-19H,6H2,1-4H3/b9-5+. The summed E-state index contributed by atoms with van der Waals surface area (Å²) in [5.74, 6) is 0.551. The van der Waals surface area contributed by atoms with Crippen molar-refractivity contribution in [1.82, 2.24) is 0 Å². The van der Waals surface area contributed by atoms with Gasteiger partial charge in [-0.3, -0.25) is 0 Å². The van der Waals surface area contributed by atoms with Crippen molar-refractivity contribution in [3.05, 3.63) is 89.5 Å². The summed E-state index contributed by atoms with van der Waals surface area (Å²) in [6.07, 6.45) is 5.40. The number of benzene rings is 4. The first-order valence-electron chi connectivity index (χ1n) is 10.3. The number of aryl methyl sites for hydroxylation is 1. The minimum atomic E-state index is 0.551. The molecule has 0 fully saturated rings. The maximum absolute atomic E-state index is 2.33. The van der Waals surface area contributed by atoms with E-state index >= 15 is 0 Å². The van der Waals surface area contributed by atoms with Crippen molar-refractivity contribution in [3.63, 3.8) is 0 Å². The van der Waals surface area contributed by atoms with Crippen LogP contribution in [0.2, 0.25) is 0 Å². The van der Waals surface area contributed by atoms with Crippen LogP contribution >= 0.6 is 0 Å². The lowest BCUT2D eigenvalue weighted by molar-refractivity contribution is 0.735. The van der Waals surface area contributed by atoms with Gasteiger partial charge in [0.15, 0.2) is 0 Å². The predicted octanol–water partition coefficient (Wildman–Crippen LogP) is 8.52. The first-order chi connectivity index (χ1) is 13.6. The molecule has 0 radical (unpaired) electrons. The summed E-state index contributed by atoms with van der Waals surface area (Å²) in [7, 11) is 0. The number of allylic oxidation sites excluding steroid dienone is 1. The van der Waals surface area contributed by atoms with Gasteiger partial charge in [-0.15, -0.1) is 0 Å². The van der Waals surface area contributed by atoms with Crippen molar-refractivity contribution in [3.8, 4) is 11.1 Å². The van der Waals surface area contributed by atoms with Crippen molar-refractivity contribution >= 4 is 27.6 Å². The summed E-state index contributed by atoms with van der Waals surface area (Å²) in [4.78, 5) is 0. The van der Waals surface area contributed by atoms with Crippen LogP contribution in [-0.2, 0) is 0 Å². The smallest absolute Gasteiger partial charge is 0.00730 e. The van der Waals surface area contributed by atoms with Gasteiger partial charge in [-0.2, -0.15) is 0 Å². The number of rotatable bonds is 4. The van der Waals surface area contributed by atoms with Gasteiger partial charge < -0.3 is 0 Å². The molecular weight excluding hydrogens is 336 g/mol. The fourth-order valence-corrected chi connectivity index (χ4v) is 4.30. The Labute approximate surface area is 168 Å². The molecule has 1 unspecified atom stereocenters. The van der Waals surface area contributed by atoms with E-state index in [1.54, 1.807) is 0 Å². The first kappa shape index (κ1) is 18.5. The molecule has 0 aliphatic carbocycles. The molecule has 0 heteroatoms. The summed E-state index contributed by atoms with van der Waals surface area (Å²) in [5.41, 5.74) is 6.80. The van der Waals surface area contributed by atoms with Crippen LogP contribution in [-0.4, -0.2) is 0 Å². The molecule has 0 nitrogen and oxygen atoms in total. The van der Waals surface area contributed by atoms with Crippen molar-refractivity contribution < 1.29 is 0 Å². The molecule has 0 bridgehead atoms. The van der Waals surface area contributed by atoms with Crippen LogP contribution in [0.15, 0.2) is 72.8 Å². The van der Waals surface area contributed by atoms with E-state index in [0.29, 0.717) is 5.92 Å². The van der Waals surface area contributed by atoms with Gasteiger partial charge >= 0.3 is 0 Å². The zero-order valence-electron chi connectivity index (χ0n) is 17.3. The molecule has 0 N–H and O–H groups in total. The van der Waals surface area contributed by atoms with Crippen LogP contribution in [0.25, 0.3) is 38.7 Å². The van der Waals surface area contributed by atoms with Crippen LogP contribution in [0.4, 0.5) is 0 Å². The van der Waals surface area contributed by atoms with E-state index in [4.69, 9.17) is 0 Å². The first-order valence-corrected chi connectivity index (χ1v) is 10.3. The van der Waals surface area contributed by atoms with E-state index in [1.807, 2.05) is 0 Å². The number of hydrogen-bond donors (Lipinski definition) is 0. The topological polar surface area (TPSA) is 0 Å². The van der Waals surface area contributed by atoms with Crippen LogP contribution in [0, 0.1) is 6.92 Å². The normalized spacial score (nSPS) is 12.9. The maximum atomic E-state index is 2.33. The summed E-state index contributed by atoms with van der Waals surface area (Å²) in [5, 5.41) is 5.31. The van der Waals surface area contributed by atoms with E-state index < -0.39 is 0 Å². The van der Waals surface area contributed by atoms with Crippen molar-refractivity contribution in [2.24, 2.45) is 0 Å². The van der Waals surface area contributed by atoms with Gasteiger partial charge in [0.25, 0.3) is 0 Å². The van der Waals surface area contributed by atoms with Gasteiger partial charge in [0.2, 0.25) is 0 Å².